The number of benzene rings is 1. The maximum atomic E-state index is 13.0. The molecule has 0 atom stereocenters. The van der Waals surface area contributed by atoms with Gasteiger partial charge in [-0.05, 0) is 12.1 Å². The largest absolute Gasteiger partial charge is 0.298 e. The molecule has 0 N–H and O–H groups in total. The van der Waals surface area contributed by atoms with Gasteiger partial charge in [-0.15, -0.1) is 0 Å². The van der Waals surface area contributed by atoms with E-state index in [1.807, 2.05) is 0 Å². The summed E-state index contributed by atoms with van der Waals surface area (Å²) in [5.74, 6) is -0.886. The third-order valence-electron chi connectivity index (χ3n) is 1.51. The maximum absolute atomic E-state index is 13.0. The minimum atomic E-state index is -0.886. The number of halogens is 1. The van der Waals surface area contributed by atoms with Crippen molar-refractivity contribution >= 4 is 12.6 Å². The lowest BCUT2D eigenvalue weighted by Gasteiger charge is -1.97. The zero-order valence-corrected chi connectivity index (χ0v) is 6.45. The van der Waals surface area contributed by atoms with E-state index in [1.54, 1.807) is 6.07 Å². The van der Waals surface area contributed by atoms with Gasteiger partial charge >= 0.3 is 0 Å². The molecule has 0 heterocycles. The second kappa shape index (κ2) is 3.59. The van der Waals surface area contributed by atoms with E-state index >= 15 is 0 Å². The second-order valence-electron chi connectivity index (χ2n) is 2.32. The lowest BCUT2D eigenvalue weighted by Crippen LogP contribution is -1.95. The first-order chi connectivity index (χ1) is 6.22. The summed E-state index contributed by atoms with van der Waals surface area (Å²) in [7, 11) is 0. The highest BCUT2D eigenvalue weighted by Crippen LogP contribution is 2.12. The predicted molar refractivity (Wildman–Crippen MR) is 41.9 cm³/mol. The Kier molecular flexibility index (Phi) is 2.50. The summed E-state index contributed by atoms with van der Waals surface area (Å²) < 4.78 is 13.0. The van der Waals surface area contributed by atoms with Gasteiger partial charge in [0, 0.05) is 5.56 Å². The summed E-state index contributed by atoms with van der Waals surface area (Å²) in [4.78, 5) is 20.6. The monoisotopic (exact) mass is 177 g/mol. The fourth-order valence-electron chi connectivity index (χ4n) is 0.905. The van der Waals surface area contributed by atoms with E-state index in [-0.39, 0.29) is 23.0 Å². The van der Waals surface area contributed by atoms with Crippen LogP contribution in [0.1, 0.15) is 26.3 Å². The fraction of sp³-hybridized carbons (Fsp3) is 0. The SMILES string of the molecule is N#Cc1cc(C=O)cc(C=O)c1F. The molecule has 64 valence electrons. The summed E-state index contributed by atoms with van der Waals surface area (Å²) in [6, 6.07) is 3.74. The number of hydrogen-bond acceptors (Lipinski definition) is 3. The number of nitrogens with zero attached hydrogens (tertiary/aromatic N) is 1. The third-order valence-corrected chi connectivity index (χ3v) is 1.51. The van der Waals surface area contributed by atoms with Crippen molar-refractivity contribution in [3.63, 3.8) is 0 Å². The Morgan fingerprint density at radius 1 is 1.31 bits per heavy atom. The average Bonchev–Trinajstić information content (AvgIpc) is 2.18. The van der Waals surface area contributed by atoms with Crippen LogP contribution in [-0.4, -0.2) is 12.6 Å². The molecule has 1 aromatic rings. The molecule has 0 aliphatic heterocycles. The third kappa shape index (κ3) is 1.59. The lowest BCUT2D eigenvalue weighted by molar-refractivity contribution is 0.111. The van der Waals surface area contributed by atoms with Crippen LogP contribution >= 0.6 is 0 Å². The molecule has 0 amide bonds. The predicted octanol–water partition coefficient (Wildman–Crippen LogP) is 1.32. The molecule has 0 saturated carbocycles. The average molecular weight is 177 g/mol. The van der Waals surface area contributed by atoms with Crippen LogP contribution in [0.3, 0.4) is 0 Å². The number of carbonyl (C=O) groups excluding carboxylic acids is 2. The molecule has 13 heavy (non-hydrogen) atoms. The number of nitriles is 1. The number of hydrogen-bond donors (Lipinski definition) is 0. The number of carbonyl (C=O) groups is 2. The van der Waals surface area contributed by atoms with Crippen molar-refractivity contribution in [3.8, 4) is 6.07 Å². The van der Waals surface area contributed by atoms with Gasteiger partial charge in [0.05, 0.1) is 11.1 Å². The Bertz CT molecular complexity index is 407. The smallest absolute Gasteiger partial charge is 0.153 e. The van der Waals surface area contributed by atoms with E-state index in [4.69, 9.17) is 5.26 Å². The Morgan fingerprint density at radius 2 is 2.00 bits per heavy atom. The minimum Gasteiger partial charge on any atom is -0.298 e. The molecule has 0 fully saturated rings. The zero-order valence-electron chi connectivity index (χ0n) is 6.45. The minimum absolute atomic E-state index is 0.111. The van der Waals surface area contributed by atoms with Crippen molar-refractivity contribution in [1.29, 1.82) is 5.26 Å². The summed E-state index contributed by atoms with van der Waals surface area (Å²) in [6.07, 6.45) is 0.719. The molecule has 0 unspecified atom stereocenters. The van der Waals surface area contributed by atoms with Gasteiger partial charge in [0.2, 0.25) is 0 Å². The van der Waals surface area contributed by atoms with Crippen molar-refractivity contribution in [1.82, 2.24) is 0 Å². The Hall–Kier alpha value is -2.02. The fourth-order valence-corrected chi connectivity index (χ4v) is 0.905. The molecule has 0 aromatic heterocycles. The second-order valence-corrected chi connectivity index (χ2v) is 2.32. The summed E-state index contributed by atoms with van der Waals surface area (Å²) in [6.45, 7) is 0. The molecule has 3 nitrogen and oxygen atoms in total. The van der Waals surface area contributed by atoms with Crippen molar-refractivity contribution < 1.29 is 14.0 Å². The highest BCUT2D eigenvalue weighted by molar-refractivity contribution is 5.83. The Labute approximate surface area is 73.4 Å². The molecule has 1 aromatic carbocycles. The van der Waals surface area contributed by atoms with E-state index in [0.29, 0.717) is 6.29 Å². The first-order valence-electron chi connectivity index (χ1n) is 3.37. The quantitative estimate of drug-likeness (QED) is 0.640. The van der Waals surface area contributed by atoms with Gasteiger partial charge < -0.3 is 0 Å². The van der Waals surface area contributed by atoms with E-state index < -0.39 is 5.82 Å². The number of aldehydes is 2. The van der Waals surface area contributed by atoms with Crippen LogP contribution in [0, 0.1) is 17.1 Å². The number of rotatable bonds is 2. The van der Waals surface area contributed by atoms with Crippen LogP contribution < -0.4 is 0 Å². The molecule has 0 spiro atoms. The molecule has 0 aliphatic carbocycles. The summed E-state index contributed by atoms with van der Waals surface area (Å²) in [5, 5.41) is 8.44. The van der Waals surface area contributed by atoms with E-state index in [2.05, 4.69) is 0 Å². The first-order valence-corrected chi connectivity index (χ1v) is 3.37. The molecule has 0 bridgehead atoms. The van der Waals surface area contributed by atoms with Gasteiger partial charge in [-0.25, -0.2) is 4.39 Å². The summed E-state index contributed by atoms with van der Waals surface area (Å²) >= 11 is 0. The summed E-state index contributed by atoms with van der Waals surface area (Å²) in [5.41, 5.74) is -0.465. The van der Waals surface area contributed by atoms with Gasteiger partial charge in [-0.2, -0.15) is 5.26 Å². The van der Waals surface area contributed by atoms with Gasteiger partial charge in [-0.1, -0.05) is 0 Å². The van der Waals surface area contributed by atoms with Crippen LogP contribution in [0.2, 0.25) is 0 Å². The van der Waals surface area contributed by atoms with E-state index in [1.165, 1.54) is 0 Å². The van der Waals surface area contributed by atoms with Gasteiger partial charge in [0.25, 0.3) is 0 Å². The highest BCUT2D eigenvalue weighted by Gasteiger charge is 2.09. The van der Waals surface area contributed by atoms with Crippen molar-refractivity contribution in [2.45, 2.75) is 0 Å². The van der Waals surface area contributed by atoms with Crippen LogP contribution in [0.5, 0.6) is 0 Å². The Balaban J connectivity index is 3.47. The standard InChI is InChI=1S/C9H4FNO2/c10-9-7(3-11)1-6(4-12)2-8(9)5-13/h1-2,4-5H. The van der Waals surface area contributed by atoms with E-state index in [0.717, 1.165) is 12.1 Å². The van der Waals surface area contributed by atoms with E-state index in [9.17, 15) is 14.0 Å². The van der Waals surface area contributed by atoms with Gasteiger partial charge in [0.15, 0.2) is 12.1 Å². The van der Waals surface area contributed by atoms with Crippen LogP contribution in [0.15, 0.2) is 12.1 Å². The molecular formula is C9H4FNO2. The van der Waals surface area contributed by atoms with Crippen molar-refractivity contribution in [3.05, 3.63) is 34.6 Å². The lowest BCUT2D eigenvalue weighted by atomic mass is 10.1. The topological polar surface area (TPSA) is 57.9 Å². The van der Waals surface area contributed by atoms with Crippen LogP contribution in [-0.2, 0) is 0 Å². The normalized spacial score (nSPS) is 8.92. The van der Waals surface area contributed by atoms with Crippen LogP contribution in [0.4, 0.5) is 4.39 Å². The highest BCUT2D eigenvalue weighted by atomic mass is 19.1. The molecular weight excluding hydrogens is 173 g/mol. The van der Waals surface area contributed by atoms with Gasteiger partial charge in [-0.3, -0.25) is 9.59 Å². The maximum Gasteiger partial charge on any atom is 0.153 e. The van der Waals surface area contributed by atoms with Crippen molar-refractivity contribution in [2.24, 2.45) is 0 Å². The molecule has 0 radical (unpaired) electrons. The zero-order chi connectivity index (χ0) is 9.84. The molecule has 4 heteroatoms. The molecule has 0 saturated heterocycles. The Morgan fingerprint density at radius 3 is 2.46 bits per heavy atom. The molecule has 1 rings (SSSR count). The first kappa shape index (κ1) is 9.07. The van der Waals surface area contributed by atoms with Crippen LogP contribution in [0.25, 0.3) is 0 Å². The molecule has 0 aliphatic rings. The van der Waals surface area contributed by atoms with Crippen molar-refractivity contribution in [2.75, 3.05) is 0 Å². The van der Waals surface area contributed by atoms with Gasteiger partial charge in [0.1, 0.15) is 12.4 Å².